The van der Waals surface area contributed by atoms with E-state index in [0.29, 0.717) is 17.1 Å². The van der Waals surface area contributed by atoms with Crippen molar-refractivity contribution in [2.75, 3.05) is 0 Å². The Morgan fingerprint density at radius 1 is 0.917 bits per heavy atom. The summed E-state index contributed by atoms with van der Waals surface area (Å²) in [5.41, 5.74) is 7.01. The molecule has 0 atom stereocenters. The molecule has 0 amide bonds. The van der Waals surface area contributed by atoms with Crippen LogP contribution in [0.2, 0.25) is 0 Å². The van der Waals surface area contributed by atoms with Crippen LogP contribution in [0.15, 0.2) is 42.2 Å². The Kier molecular flexibility index (Phi) is 6.95. The molecule has 6 heteroatoms. The first-order valence-electron chi connectivity index (χ1n) is 7.93. The summed E-state index contributed by atoms with van der Waals surface area (Å²) in [6.45, 7) is 12.6. The lowest BCUT2D eigenvalue weighted by Crippen LogP contribution is -2.28. The average molecular weight is 328 g/mol. The third-order valence-corrected chi connectivity index (χ3v) is 2.88. The van der Waals surface area contributed by atoms with Crippen molar-refractivity contribution < 1.29 is 0 Å². The summed E-state index contributed by atoms with van der Waals surface area (Å²) in [6.07, 6.45) is 11.0. The third kappa shape index (κ3) is 8.31. The monoisotopic (exact) mass is 328 g/mol. The summed E-state index contributed by atoms with van der Waals surface area (Å²) in [6, 6.07) is 0. The molecule has 2 aromatic heterocycles. The quantitative estimate of drug-likeness (QED) is 0.672. The minimum absolute atomic E-state index is 0.127. The Bertz CT molecular complexity index is 624. The van der Waals surface area contributed by atoms with Crippen molar-refractivity contribution in [1.82, 2.24) is 19.9 Å². The molecule has 0 aliphatic rings. The van der Waals surface area contributed by atoms with Crippen LogP contribution in [0.1, 0.15) is 47.2 Å². The van der Waals surface area contributed by atoms with Crippen LogP contribution in [0.5, 0.6) is 0 Å². The van der Waals surface area contributed by atoms with Gasteiger partial charge >= 0.3 is 0 Å². The molecule has 2 N–H and O–H groups in total. The summed E-state index contributed by atoms with van der Waals surface area (Å²) in [4.78, 5) is 20.3. The maximum absolute atomic E-state index is 5.76. The van der Waals surface area contributed by atoms with Crippen LogP contribution >= 0.6 is 0 Å². The lowest BCUT2D eigenvalue weighted by Gasteiger charge is -2.16. The summed E-state index contributed by atoms with van der Waals surface area (Å²) in [5, 5.41) is 0. The molecule has 0 bridgehead atoms. The average Bonchev–Trinajstić information content (AvgIpc) is 2.47. The first-order chi connectivity index (χ1) is 11.1. The minimum atomic E-state index is -0.127. The van der Waals surface area contributed by atoms with E-state index in [1.54, 1.807) is 31.0 Å². The van der Waals surface area contributed by atoms with Gasteiger partial charge in [-0.15, -0.1) is 0 Å². The molecular weight excluding hydrogens is 300 g/mol. The van der Waals surface area contributed by atoms with Crippen molar-refractivity contribution >= 4 is 11.7 Å². The molecule has 0 unspecified atom stereocenters. The second-order valence-corrected chi connectivity index (χ2v) is 7.74. The number of nitrogens with two attached hydrogens (primary N) is 1. The Hall–Kier alpha value is -2.37. The number of hydrogen-bond acceptors (Lipinski definition) is 5. The highest BCUT2D eigenvalue weighted by molar-refractivity contribution is 5.87. The number of amidine groups is 1. The van der Waals surface area contributed by atoms with Crippen molar-refractivity contribution in [2.45, 2.75) is 48.0 Å². The number of aliphatic imine (C=N–C) groups is 1. The Labute approximate surface area is 144 Å². The van der Waals surface area contributed by atoms with E-state index in [9.17, 15) is 0 Å². The molecule has 0 spiro atoms. The predicted octanol–water partition coefficient (Wildman–Crippen LogP) is 3.58. The van der Waals surface area contributed by atoms with E-state index in [2.05, 4.69) is 45.7 Å². The molecule has 0 saturated heterocycles. The molecule has 0 aromatic carbocycles. The van der Waals surface area contributed by atoms with Gasteiger partial charge in [0.1, 0.15) is 5.84 Å². The van der Waals surface area contributed by atoms with Gasteiger partial charge in [0.15, 0.2) is 5.82 Å². The molecule has 0 radical (unpaired) electrons. The smallest absolute Gasteiger partial charge is 0.172 e. The summed E-state index contributed by atoms with van der Waals surface area (Å²) in [5.74, 6) is 1.11. The third-order valence-electron chi connectivity index (χ3n) is 2.88. The molecule has 0 aliphatic heterocycles. The highest BCUT2D eigenvalue weighted by Crippen LogP contribution is 2.18. The van der Waals surface area contributed by atoms with Gasteiger partial charge in [-0.05, 0) is 11.8 Å². The van der Waals surface area contributed by atoms with Gasteiger partial charge in [-0.2, -0.15) is 0 Å². The van der Waals surface area contributed by atoms with E-state index < -0.39 is 0 Å². The number of rotatable bonds is 2. The molecule has 2 aromatic rings. The Morgan fingerprint density at radius 2 is 1.50 bits per heavy atom. The van der Waals surface area contributed by atoms with Crippen molar-refractivity contribution in [3.63, 3.8) is 0 Å². The number of aromatic nitrogens is 4. The predicted molar refractivity (Wildman–Crippen MR) is 98.0 cm³/mol. The minimum Gasteiger partial charge on any atom is -0.387 e. The van der Waals surface area contributed by atoms with Crippen molar-refractivity contribution in [3.05, 3.63) is 42.9 Å². The van der Waals surface area contributed by atoms with Gasteiger partial charge in [-0.25, -0.2) is 9.98 Å². The van der Waals surface area contributed by atoms with E-state index in [1.165, 1.54) is 0 Å². The molecular formula is C18H28N6. The molecule has 2 rings (SSSR count). The fraction of sp³-hybridized carbons (Fsp3) is 0.500. The Morgan fingerprint density at radius 3 is 1.92 bits per heavy atom. The standard InChI is InChI=1S/C9H14N4.C9H14N2/c1-9(2,3)8(10)13-7-6-11-4-5-12-7;1-9(2,3)6-8-7-10-4-5-11-8/h4-6H,1-3H3,(H2,10,12,13);4-5,7H,6H2,1-3H3. The topological polar surface area (TPSA) is 89.9 Å². The molecule has 0 saturated carbocycles. The fourth-order valence-electron chi connectivity index (χ4n) is 1.60. The summed E-state index contributed by atoms with van der Waals surface area (Å²) < 4.78 is 0. The normalized spacial score (nSPS) is 12.3. The second kappa shape index (κ2) is 8.47. The highest BCUT2D eigenvalue weighted by atomic mass is 15.0. The van der Waals surface area contributed by atoms with E-state index in [0.717, 1.165) is 12.1 Å². The molecule has 0 fully saturated rings. The van der Waals surface area contributed by atoms with Crippen molar-refractivity contribution in [3.8, 4) is 0 Å². The van der Waals surface area contributed by atoms with Gasteiger partial charge in [-0.3, -0.25) is 15.0 Å². The van der Waals surface area contributed by atoms with Crippen LogP contribution in [0.4, 0.5) is 5.82 Å². The van der Waals surface area contributed by atoms with Gasteiger partial charge < -0.3 is 5.73 Å². The van der Waals surface area contributed by atoms with E-state index in [4.69, 9.17) is 5.73 Å². The van der Waals surface area contributed by atoms with Crippen molar-refractivity contribution in [2.24, 2.45) is 21.6 Å². The van der Waals surface area contributed by atoms with Crippen LogP contribution in [0.25, 0.3) is 0 Å². The van der Waals surface area contributed by atoms with Gasteiger partial charge in [0, 0.05) is 36.4 Å². The van der Waals surface area contributed by atoms with Crippen LogP contribution < -0.4 is 5.73 Å². The highest BCUT2D eigenvalue weighted by Gasteiger charge is 2.15. The Balaban J connectivity index is 0.000000243. The first-order valence-corrected chi connectivity index (χ1v) is 7.93. The van der Waals surface area contributed by atoms with Gasteiger partial charge in [0.05, 0.1) is 11.9 Å². The number of hydrogen-bond donors (Lipinski definition) is 1. The van der Waals surface area contributed by atoms with E-state index >= 15 is 0 Å². The molecule has 2 heterocycles. The summed E-state index contributed by atoms with van der Waals surface area (Å²) in [7, 11) is 0. The lowest BCUT2D eigenvalue weighted by atomic mass is 9.91. The SMILES string of the molecule is CC(C)(C)C(N)=Nc1cnccn1.CC(C)(C)Cc1cnccn1. The van der Waals surface area contributed by atoms with E-state index in [1.807, 2.05) is 27.0 Å². The van der Waals surface area contributed by atoms with Gasteiger partial charge in [0.25, 0.3) is 0 Å². The molecule has 6 nitrogen and oxygen atoms in total. The first kappa shape index (κ1) is 19.7. The number of nitrogens with zero attached hydrogens (tertiary/aromatic N) is 5. The van der Waals surface area contributed by atoms with Crippen LogP contribution in [-0.4, -0.2) is 25.8 Å². The molecule has 130 valence electrons. The zero-order valence-electron chi connectivity index (χ0n) is 15.5. The van der Waals surface area contributed by atoms with Crippen LogP contribution in [0, 0.1) is 10.8 Å². The molecule has 24 heavy (non-hydrogen) atoms. The second-order valence-electron chi connectivity index (χ2n) is 7.74. The maximum atomic E-state index is 5.76. The maximum Gasteiger partial charge on any atom is 0.172 e. The summed E-state index contributed by atoms with van der Waals surface area (Å²) >= 11 is 0. The largest absolute Gasteiger partial charge is 0.387 e. The van der Waals surface area contributed by atoms with E-state index in [-0.39, 0.29) is 5.41 Å². The zero-order chi connectivity index (χ0) is 18.2. The van der Waals surface area contributed by atoms with Crippen LogP contribution in [-0.2, 0) is 6.42 Å². The van der Waals surface area contributed by atoms with Gasteiger partial charge in [0.2, 0.25) is 0 Å². The zero-order valence-corrected chi connectivity index (χ0v) is 15.5. The molecule has 0 aliphatic carbocycles. The fourth-order valence-corrected chi connectivity index (χ4v) is 1.60. The van der Waals surface area contributed by atoms with Crippen LogP contribution in [0.3, 0.4) is 0 Å². The van der Waals surface area contributed by atoms with Gasteiger partial charge in [-0.1, -0.05) is 41.5 Å². The lowest BCUT2D eigenvalue weighted by molar-refractivity contribution is 0.405. The van der Waals surface area contributed by atoms with Crippen molar-refractivity contribution in [1.29, 1.82) is 0 Å².